The Morgan fingerprint density at radius 2 is 1.76 bits per heavy atom. The van der Waals surface area contributed by atoms with Gasteiger partial charge in [0.25, 0.3) is 0 Å². The highest BCUT2D eigenvalue weighted by molar-refractivity contribution is 5.86. The van der Waals surface area contributed by atoms with Crippen molar-refractivity contribution in [1.82, 2.24) is 0 Å². The van der Waals surface area contributed by atoms with Gasteiger partial charge in [-0.2, -0.15) is 0 Å². The van der Waals surface area contributed by atoms with Crippen LogP contribution in [0.5, 0.6) is 0 Å². The summed E-state index contributed by atoms with van der Waals surface area (Å²) >= 11 is 0. The first-order valence-corrected chi connectivity index (χ1v) is 7.90. The van der Waals surface area contributed by atoms with Gasteiger partial charge in [-0.1, -0.05) is 68.8 Å². The zero-order chi connectivity index (χ0) is 15.0. The Morgan fingerprint density at radius 1 is 1.00 bits per heavy atom. The van der Waals surface area contributed by atoms with Gasteiger partial charge in [-0.25, -0.2) is 0 Å². The molecule has 1 aliphatic carbocycles. The third-order valence-corrected chi connectivity index (χ3v) is 4.36. The summed E-state index contributed by atoms with van der Waals surface area (Å²) < 4.78 is 0. The van der Waals surface area contributed by atoms with Crippen molar-refractivity contribution in [3.8, 4) is 11.1 Å². The molecule has 0 nitrogen and oxygen atoms in total. The van der Waals surface area contributed by atoms with Crippen LogP contribution in [0.4, 0.5) is 0 Å². The van der Waals surface area contributed by atoms with Crippen LogP contribution in [-0.4, -0.2) is 0 Å². The molecule has 3 rings (SSSR count). The maximum atomic E-state index is 2.34. The number of hydrogen-bond acceptors (Lipinski definition) is 0. The van der Waals surface area contributed by atoms with Crippen molar-refractivity contribution in [1.29, 1.82) is 0 Å². The van der Waals surface area contributed by atoms with Crippen LogP contribution in [0.3, 0.4) is 0 Å². The Balaban J connectivity index is 2.32. The van der Waals surface area contributed by atoms with Crippen LogP contribution in [0.1, 0.15) is 55.9 Å². The van der Waals surface area contributed by atoms with Crippen molar-refractivity contribution >= 4 is 6.08 Å². The van der Waals surface area contributed by atoms with Crippen LogP contribution in [-0.2, 0) is 6.42 Å². The molecule has 0 spiro atoms. The smallest absolute Gasteiger partial charge is 0.0161 e. The molecule has 0 unspecified atom stereocenters. The first-order valence-electron chi connectivity index (χ1n) is 7.90. The van der Waals surface area contributed by atoms with E-state index in [-0.39, 0.29) is 0 Å². The molecular weight excluding hydrogens is 252 g/mol. The number of fused-ring (bicyclic) bond motifs is 1. The molecule has 0 bridgehead atoms. The molecule has 0 aliphatic heterocycles. The average Bonchev–Trinajstić information content (AvgIpc) is 2.86. The summed E-state index contributed by atoms with van der Waals surface area (Å²) in [6, 6.07) is 13.4. The van der Waals surface area contributed by atoms with Crippen LogP contribution in [0.2, 0.25) is 0 Å². The SMILES string of the molecule is CCc1ccccc1-c1c(C(C)C)ccc2c1C=C(C)[CH]2. The molecule has 0 saturated carbocycles. The fraction of sp³-hybridized carbons (Fsp3) is 0.286. The highest BCUT2D eigenvalue weighted by Gasteiger charge is 2.20. The summed E-state index contributed by atoms with van der Waals surface area (Å²) in [5, 5.41) is 0. The van der Waals surface area contributed by atoms with Crippen molar-refractivity contribution in [2.24, 2.45) is 0 Å². The van der Waals surface area contributed by atoms with E-state index in [4.69, 9.17) is 0 Å². The maximum absolute atomic E-state index is 2.34. The van der Waals surface area contributed by atoms with E-state index in [0.29, 0.717) is 5.92 Å². The molecule has 0 N–H and O–H groups in total. The Kier molecular flexibility index (Phi) is 3.71. The first-order chi connectivity index (χ1) is 10.1. The second-order valence-corrected chi connectivity index (χ2v) is 6.23. The summed E-state index contributed by atoms with van der Waals surface area (Å²) in [6.45, 7) is 9.00. The molecule has 1 aliphatic rings. The van der Waals surface area contributed by atoms with E-state index < -0.39 is 0 Å². The summed E-state index contributed by atoms with van der Waals surface area (Å²) in [5.74, 6) is 0.532. The van der Waals surface area contributed by atoms with Gasteiger partial charge in [-0.3, -0.25) is 0 Å². The van der Waals surface area contributed by atoms with Gasteiger partial charge in [0.15, 0.2) is 0 Å². The van der Waals surface area contributed by atoms with Crippen molar-refractivity contribution in [2.45, 2.75) is 40.0 Å². The maximum Gasteiger partial charge on any atom is 0.0161 e. The standard InChI is InChI=1S/C21H23/c1-5-16-8-6-7-9-19(16)21-18(14(2)3)11-10-17-12-15(4)13-20(17)21/h6-14H,5H2,1-4H3. The van der Waals surface area contributed by atoms with Crippen molar-refractivity contribution in [3.05, 3.63) is 70.6 Å². The molecule has 2 aromatic rings. The molecule has 0 heterocycles. The molecule has 1 radical (unpaired) electrons. The predicted molar refractivity (Wildman–Crippen MR) is 92.4 cm³/mol. The quantitative estimate of drug-likeness (QED) is 0.643. The van der Waals surface area contributed by atoms with Crippen LogP contribution >= 0.6 is 0 Å². The third kappa shape index (κ3) is 2.44. The molecule has 0 heteroatoms. The topological polar surface area (TPSA) is 0 Å². The van der Waals surface area contributed by atoms with Crippen LogP contribution in [0, 0.1) is 6.42 Å². The normalized spacial score (nSPS) is 13.5. The van der Waals surface area contributed by atoms with Gasteiger partial charge >= 0.3 is 0 Å². The van der Waals surface area contributed by atoms with Crippen LogP contribution in [0.15, 0.2) is 42.0 Å². The summed E-state index contributed by atoms with van der Waals surface area (Å²) in [5.41, 5.74) is 9.84. The molecule has 2 aromatic carbocycles. The van der Waals surface area contributed by atoms with Gasteiger partial charge in [0.2, 0.25) is 0 Å². The molecule has 21 heavy (non-hydrogen) atoms. The fourth-order valence-electron chi connectivity index (χ4n) is 3.30. The lowest BCUT2D eigenvalue weighted by Gasteiger charge is -2.19. The summed E-state index contributed by atoms with van der Waals surface area (Å²) in [6.07, 6.45) is 5.70. The fourth-order valence-corrected chi connectivity index (χ4v) is 3.30. The molecular formula is C21H23. The van der Waals surface area contributed by atoms with Crippen molar-refractivity contribution < 1.29 is 0 Å². The summed E-state index contributed by atoms with van der Waals surface area (Å²) in [4.78, 5) is 0. The van der Waals surface area contributed by atoms with Crippen molar-refractivity contribution in [3.63, 3.8) is 0 Å². The largest absolute Gasteiger partial charge is 0.0642 e. The highest BCUT2D eigenvalue weighted by atomic mass is 14.2. The van der Waals surface area contributed by atoms with E-state index in [1.165, 1.54) is 39.0 Å². The lowest BCUT2D eigenvalue weighted by atomic mass is 9.85. The summed E-state index contributed by atoms with van der Waals surface area (Å²) in [7, 11) is 0. The lowest BCUT2D eigenvalue weighted by molar-refractivity contribution is 0.868. The molecule has 0 saturated heterocycles. The van der Waals surface area contributed by atoms with Crippen LogP contribution < -0.4 is 0 Å². The number of allylic oxidation sites excluding steroid dienone is 1. The molecule has 0 fully saturated rings. The van der Waals surface area contributed by atoms with E-state index in [2.05, 4.69) is 76.6 Å². The Hall–Kier alpha value is -1.82. The zero-order valence-electron chi connectivity index (χ0n) is 13.4. The molecule has 0 atom stereocenters. The van der Waals surface area contributed by atoms with Gasteiger partial charge in [-0.15, -0.1) is 0 Å². The van der Waals surface area contributed by atoms with E-state index in [1.54, 1.807) is 0 Å². The van der Waals surface area contributed by atoms with E-state index in [9.17, 15) is 0 Å². The average molecular weight is 275 g/mol. The number of hydrogen-bond donors (Lipinski definition) is 0. The second-order valence-electron chi connectivity index (χ2n) is 6.23. The van der Waals surface area contributed by atoms with Gasteiger partial charge < -0.3 is 0 Å². The van der Waals surface area contributed by atoms with E-state index in [1.807, 2.05) is 0 Å². The zero-order valence-corrected chi connectivity index (χ0v) is 13.4. The third-order valence-electron chi connectivity index (χ3n) is 4.36. The monoisotopic (exact) mass is 275 g/mol. The lowest BCUT2D eigenvalue weighted by Crippen LogP contribution is -1.99. The highest BCUT2D eigenvalue weighted by Crippen LogP contribution is 2.41. The van der Waals surface area contributed by atoms with Gasteiger partial charge in [0.1, 0.15) is 0 Å². The van der Waals surface area contributed by atoms with Crippen molar-refractivity contribution in [2.75, 3.05) is 0 Å². The molecule has 0 aromatic heterocycles. The number of aryl methyl sites for hydroxylation is 1. The minimum absolute atomic E-state index is 0.532. The Morgan fingerprint density at radius 3 is 2.48 bits per heavy atom. The Labute approximate surface area is 128 Å². The predicted octanol–water partition coefficient (Wildman–Crippen LogP) is 6.01. The minimum atomic E-state index is 0.532. The van der Waals surface area contributed by atoms with Gasteiger partial charge in [0.05, 0.1) is 0 Å². The number of benzene rings is 2. The van der Waals surface area contributed by atoms with E-state index in [0.717, 1.165) is 6.42 Å². The van der Waals surface area contributed by atoms with E-state index >= 15 is 0 Å². The van der Waals surface area contributed by atoms with Gasteiger partial charge in [0, 0.05) is 6.42 Å². The van der Waals surface area contributed by atoms with Gasteiger partial charge in [-0.05, 0) is 52.6 Å². The second kappa shape index (κ2) is 5.52. The minimum Gasteiger partial charge on any atom is -0.0642 e. The molecule has 0 amide bonds. The molecule has 107 valence electrons. The first kappa shape index (κ1) is 14.1. The van der Waals surface area contributed by atoms with Crippen LogP contribution in [0.25, 0.3) is 17.2 Å². The Bertz CT molecular complexity index is 702. The number of rotatable bonds is 3.